The van der Waals surface area contributed by atoms with E-state index in [0.29, 0.717) is 32.1 Å². The lowest BCUT2D eigenvalue weighted by atomic mass is 10.2. The van der Waals surface area contributed by atoms with Crippen LogP contribution in [0.4, 0.5) is 8.78 Å². The number of rotatable bonds is 9. The normalized spacial score (nSPS) is 11.6. The van der Waals surface area contributed by atoms with Gasteiger partial charge >= 0.3 is 6.61 Å². The van der Waals surface area contributed by atoms with Crippen LogP contribution in [0.1, 0.15) is 26.3 Å². The van der Waals surface area contributed by atoms with Gasteiger partial charge in [0.05, 0.1) is 6.54 Å². The highest BCUT2D eigenvalue weighted by Gasteiger charge is 2.09. The Kier molecular flexibility index (Phi) is 9.40. The molecule has 0 aliphatic heterocycles. The molecule has 0 bridgehead atoms. The SMILES string of the molecule is CCNC(=NCCNC(=O)C(C)C)N(C)Cc1ccc(OC(F)F)cc1. The lowest BCUT2D eigenvalue weighted by Gasteiger charge is -2.22. The predicted molar refractivity (Wildman–Crippen MR) is 98.4 cm³/mol. The van der Waals surface area contributed by atoms with E-state index in [1.165, 1.54) is 12.1 Å². The van der Waals surface area contributed by atoms with Crippen LogP contribution in [-0.4, -0.2) is 50.1 Å². The molecule has 2 N–H and O–H groups in total. The van der Waals surface area contributed by atoms with E-state index in [1.54, 1.807) is 12.1 Å². The second-order valence-corrected chi connectivity index (χ2v) is 6.06. The molecule has 0 fully saturated rings. The zero-order chi connectivity index (χ0) is 19.5. The number of carbonyl (C=O) groups excluding carboxylic acids is 1. The molecule has 0 aliphatic carbocycles. The first-order valence-electron chi connectivity index (χ1n) is 8.64. The van der Waals surface area contributed by atoms with Crippen molar-refractivity contribution in [3.8, 4) is 5.75 Å². The Balaban J connectivity index is 2.59. The minimum absolute atomic E-state index is 0.00432. The minimum Gasteiger partial charge on any atom is -0.435 e. The third-order valence-electron chi connectivity index (χ3n) is 3.46. The molecule has 0 aromatic heterocycles. The molecule has 0 spiro atoms. The van der Waals surface area contributed by atoms with Gasteiger partial charge in [0.15, 0.2) is 5.96 Å². The van der Waals surface area contributed by atoms with Crippen molar-refractivity contribution in [1.82, 2.24) is 15.5 Å². The topological polar surface area (TPSA) is 66.0 Å². The lowest BCUT2D eigenvalue weighted by molar-refractivity contribution is -0.123. The number of nitrogens with one attached hydrogen (secondary N) is 2. The molecule has 0 unspecified atom stereocenters. The molecule has 1 aromatic rings. The van der Waals surface area contributed by atoms with Crippen molar-refractivity contribution >= 4 is 11.9 Å². The first kappa shape index (κ1) is 21.7. The highest BCUT2D eigenvalue weighted by Crippen LogP contribution is 2.15. The highest BCUT2D eigenvalue weighted by molar-refractivity contribution is 5.80. The zero-order valence-electron chi connectivity index (χ0n) is 15.8. The molecule has 1 aromatic carbocycles. The number of nitrogens with zero attached hydrogens (tertiary/aromatic N) is 2. The average molecular weight is 370 g/mol. The lowest BCUT2D eigenvalue weighted by Crippen LogP contribution is -2.39. The molecule has 0 saturated carbocycles. The Morgan fingerprint density at radius 3 is 2.42 bits per heavy atom. The van der Waals surface area contributed by atoms with Crippen LogP contribution in [0.2, 0.25) is 0 Å². The van der Waals surface area contributed by atoms with Gasteiger partial charge in [-0.05, 0) is 24.6 Å². The Morgan fingerprint density at radius 1 is 1.23 bits per heavy atom. The van der Waals surface area contributed by atoms with Crippen LogP contribution in [0.15, 0.2) is 29.3 Å². The fourth-order valence-corrected chi connectivity index (χ4v) is 2.14. The fraction of sp³-hybridized carbons (Fsp3) is 0.556. The fourth-order valence-electron chi connectivity index (χ4n) is 2.14. The van der Waals surface area contributed by atoms with Crippen molar-refractivity contribution in [2.24, 2.45) is 10.9 Å². The monoisotopic (exact) mass is 370 g/mol. The van der Waals surface area contributed by atoms with Crippen molar-refractivity contribution in [2.75, 3.05) is 26.7 Å². The van der Waals surface area contributed by atoms with Gasteiger partial charge < -0.3 is 20.3 Å². The summed E-state index contributed by atoms with van der Waals surface area (Å²) in [4.78, 5) is 18.0. The Labute approximate surface area is 153 Å². The number of alkyl halides is 2. The van der Waals surface area contributed by atoms with Crippen molar-refractivity contribution in [3.63, 3.8) is 0 Å². The van der Waals surface area contributed by atoms with E-state index < -0.39 is 6.61 Å². The third kappa shape index (κ3) is 8.13. The van der Waals surface area contributed by atoms with Crippen molar-refractivity contribution in [2.45, 2.75) is 33.9 Å². The molecule has 8 heteroatoms. The van der Waals surface area contributed by atoms with Gasteiger partial charge in [-0.3, -0.25) is 9.79 Å². The molecule has 0 aliphatic rings. The Morgan fingerprint density at radius 2 is 1.88 bits per heavy atom. The summed E-state index contributed by atoms with van der Waals surface area (Å²) >= 11 is 0. The molecule has 0 radical (unpaired) electrons. The summed E-state index contributed by atoms with van der Waals surface area (Å²) in [5.41, 5.74) is 0.938. The molecule has 6 nitrogen and oxygen atoms in total. The second kappa shape index (κ2) is 11.3. The maximum Gasteiger partial charge on any atom is 0.387 e. The molecule has 26 heavy (non-hydrogen) atoms. The van der Waals surface area contributed by atoms with Gasteiger partial charge in [0, 0.05) is 32.6 Å². The van der Waals surface area contributed by atoms with Gasteiger partial charge in [0.2, 0.25) is 5.91 Å². The maximum atomic E-state index is 12.2. The van der Waals surface area contributed by atoms with E-state index in [4.69, 9.17) is 0 Å². The van der Waals surface area contributed by atoms with Gasteiger partial charge in [-0.2, -0.15) is 8.78 Å². The van der Waals surface area contributed by atoms with E-state index in [9.17, 15) is 13.6 Å². The number of ether oxygens (including phenoxy) is 1. The van der Waals surface area contributed by atoms with E-state index in [0.717, 1.165) is 5.56 Å². The molecular formula is C18H28F2N4O2. The standard InChI is InChI=1S/C18H28F2N4O2/c1-5-21-18(23-11-10-22-16(25)13(2)3)24(4)12-14-6-8-15(9-7-14)26-17(19)20/h6-9,13,17H,5,10-12H2,1-4H3,(H,21,23)(H,22,25). The van der Waals surface area contributed by atoms with Gasteiger partial charge in [-0.15, -0.1) is 0 Å². The van der Waals surface area contributed by atoms with Gasteiger partial charge in [-0.1, -0.05) is 26.0 Å². The summed E-state index contributed by atoms with van der Waals surface area (Å²) in [7, 11) is 1.89. The summed E-state index contributed by atoms with van der Waals surface area (Å²) < 4.78 is 28.7. The summed E-state index contributed by atoms with van der Waals surface area (Å²) in [5.74, 6) is 0.795. The van der Waals surface area contributed by atoms with Crippen molar-refractivity contribution in [1.29, 1.82) is 0 Å². The summed E-state index contributed by atoms with van der Waals surface area (Å²) in [6.45, 7) is 5.03. The number of aliphatic imine (C=N–C) groups is 1. The number of benzene rings is 1. The van der Waals surface area contributed by atoms with E-state index in [-0.39, 0.29) is 17.6 Å². The highest BCUT2D eigenvalue weighted by atomic mass is 19.3. The Bertz CT molecular complexity index is 577. The van der Waals surface area contributed by atoms with Crippen LogP contribution < -0.4 is 15.4 Å². The van der Waals surface area contributed by atoms with Gasteiger partial charge in [0.1, 0.15) is 5.75 Å². The molecule has 0 atom stereocenters. The van der Waals surface area contributed by atoms with Crippen LogP contribution >= 0.6 is 0 Å². The number of hydrogen-bond donors (Lipinski definition) is 2. The summed E-state index contributed by atoms with van der Waals surface area (Å²) in [6.07, 6.45) is 0. The zero-order valence-corrected chi connectivity index (χ0v) is 15.8. The largest absolute Gasteiger partial charge is 0.435 e. The molecule has 0 saturated heterocycles. The Hall–Kier alpha value is -2.38. The summed E-state index contributed by atoms with van der Waals surface area (Å²) in [5, 5.41) is 6.01. The molecule has 1 amide bonds. The average Bonchev–Trinajstić information content (AvgIpc) is 2.58. The number of amides is 1. The first-order valence-corrected chi connectivity index (χ1v) is 8.64. The van der Waals surface area contributed by atoms with E-state index in [2.05, 4.69) is 20.4 Å². The van der Waals surface area contributed by atoms with Crippen LogP contribution in [-0.2, 0) is 11.3 Å². The van der Waals surface area contributed by atoms with Crippen molar-refractivity contribution in [3.05, 3.63) is 29.8 Å². The van der Waals surface area contributed by atoms with E-state index in [1.807, 2.05) is 32.7 Å². The van der Waals surface area contributed by atoms with E-state index >= 15 is 0 Å². The summed E-state index contributed by atoms with van der Waals surface area (Å²) in [6, 6.07) is 6.50. The quantitative estimate of drug-likeness (QED) is 0.398. The number of guanidine groups is 1. The minimum atomic E-state index is -2.83. The predicted octanol–water partition coefficient (Wildman–Crippen LogP) is 2.46. The van der Waals surface area contributed by atoms with Crippen LogP contribution in [0.3, 0.4) is 0 Å². The van der Waals surface area contributed by atoms with Crippen molar-refractivity contribution < 1.29 is 18.3 Å². The van der Waals surface area contributed by atoms with Gasteiger partial charge in [-0.25, -0.2) is 0 Å². The number of hydrogen-bond acceptors (Lipinski definition) is 3. The van der Waals surface area contributed by atoms with Crippen LogP contribution in [0.5, 0.6) is 5.75 Å². The van der Waals surface area contributed by atoms with Gasteiger partial charge in [0.25, 0.3) is 0 Å². The first-order chi connectivity index (χ1) is 12.3. The number of carbonyl (C=O) groups is 1. The second-order valence-electron chi connectivity index (χ2n) is 6.06. The molecule has 146 valence electrons. The maximum absolute atomic E-state index is 12.2. The number of halogens is 2. The molecular weight excluding hydrogens is 342 g/mol. The molecule has 0 heterocycles. The smallest absolute Gasteiger partial charge is 0.387 e. The molecule has 1 rings (SSSR count). The van der Waals surface area contributed by atoms with Crippen LogP contribution in [0.25, 0.3) is 0 Å². The third-order valence-corrected chi connectivity index (χ3v) is 3.46. The van der Waals surface area contributed by atoms with Crippen LogP contribution in [0, 0.1) is 5.92 Å².